The van der Waals surface area contributed by atoms with Gasteiger partial charge in [0.05, 0.1) is 16.7 Å². The summed E-state index contributed by atoms with van der Waals surface area (Å²) < 4.78 is 9.12. The predicted octanol–water partition coefficient (Wildman–Crippen LogP) is 14.1. The van der Waals surface area contributed by atoms with Crippen molar-refractivity contribution >= 4 is 82.4 Å². The SMILES string of the molecule is c1ccc(-n2c3ccccc3c3cc(-c4ccc(N(c5ccc6ccccc6c5)c5cc6ccccc6c6c5oc5ccccc56)cc4)ccc32)cc1. The molecule has 0 aliphatic heterocycles. The third kappa shape index (κ3) is 4.68. The molecule has 11 rings (SSSR count). The molecule has 0 fully saturated rings. The van der Waals surface area contributed by atoms with E-state index in [1.807, 2.05) is 6.07 Å². The monoisotopic (exact) mass is 676 g/mol. The summed E-state index contributed by atoms with van der Waals surface area (Å²) in [6.07, 6.45) is 0. The molecule has 248 valence electrons. The normalized spacial score (nSPS) is 11.8. The topological polar surface area (TPSA) is 21.3 Å². The number of hydrogen-bond acceptors (Lipinski definition) is 2. The van der Waals surface area contributed by atoms with Gasteiger partial charge in [-0.1, -0.05) is 127 Å². The fourth-order valence-corrected chi connectivity index (χ4v) is 8.28. The van der Waals surface area contributed by atoms with Gasteiger partial charge in [0.25, 0.3) is 0 Å². The predicted molar refractivity (Wildman–Crippen MR) is 223 cm³/mol. The molecule has 0 unspecified atom stereocenters. The second kappa shape index (κ2) is 11.7. The zero-order valence-corrected chi connectivity index (χ0v) is 28.8. The smallest absolute Gasteiger partial charge is 0.160 e. The van der Waals surface area contributed by atoms with Crippen LogP contribution in [-0.2, 0) is 0 Å². The Morgan fingerprint density at radius 3 is 1.89 bits per heavy atom. The molecule has 9 aromatic carbocycles. The third-order valence-electron chi connectivity index (χ3n) is 10.7. The fourth-order valence-electron chi connectivity index (χ4n) is 8.28. The van der Waals surface area contributed by atoms with Crippen molar-refractivity contribution in [1.29, 1.82) is 0 Å². The first-order valence-electron chi connectivity index (χ1n) is 18.1. The second-order valence-electron chi connectivity index (χ2n) is 13.8. The molecule has 2 heterocycles. The maximum absolute atomic E-state index is 6.76. The summed E-state index contributed by atoms with van der Waals surface area (Å²) >= 11 is 0. The molecule has 3 nitrogen and oxygen atoms in total. The number of para-hydroxylation sites is 3. The van der Waals surface area contributed by atoms with Gasteiger partial charge < -0.3 is 13.9 Å². The molecule has 2 aromatic heterocycles. The Labute approximate surface area is 306 Å². The van der Waals surface area contributed by atoms with Crippen molar-refractivity contribution < 1.29 is 4.42 Å². The number of furan rings is 1. The van der Waals surface area contributed by atoms with E-state index in [2.05, 4.69) is 198 Å². The molecule has 11 aromatic rings. The summed E-state index contributed by atoms with van der Waals surface area (Å²) in [7, 11) is 0. The first kappa shape index (κ1) is 29.6. The van der Waals surface area contributed by atoms with E-state index in [-0.39, 0.29) is 0 Å². The van der Waals surface area contributed by atoms with E-state index in [0.29, 0.717) is 0 Å². The first-order chi connectivity index (χ1) is 26.3. The quantitative estimate of drug-likeness (QED) is 0.181. The van der Waals surface area contributed by atoms with Crippen molar-refractivity contribution in [3.05, 3.63) is 194 Å². The Hall–Kier alpha value is -7.10. The van der Waals surface area contributed by atoms with Gasteiger partial charge in [0.1, 0.15) is 5.58 Å². The van der Waals surface area contributed by atoms with Crippen LogP contribution in [0.1, 0.15) is 0 Å². The van der Waals surface area contributed by atoms with Crippen LogP contribution in [0.4, 0.5) is 17.1 Å². The summed E-state index contributed by atoms with van der Waals surface area (Å²) in [5.41, 5.74) is 10.8. The summed E-state index contributed by atoms with van der Waals surface area (Å²) in [6.45, 7) is 0. The highest BCUT2D eigenvalue weighted by Gasteiger charge is 2.22. The number of benzene rings is 9. The van der Waals surface area contributed by atoms with Gasteiger partial charge in [-0.05, 0) is 99.4 Å². The minimum absolute atomic E-state index is 0.877. The molecule has 0 radical (unpaired) electrons. The number of anilines is 3. The van der Waals surface area contributed by atoms with Crippen molar-refractivity contribution in [1.82, 2.24) is 4.57 Å². The van der Waals surface area contributed by atoms with E-state index >= 15 is 0 Å². The number of hydrogen-bond donors (Lipinski definition) is 0. The Balaban J connectivity index is 1.10. The lowest BCUT2D eigenvalue weighted by Crippen LogP contribution is -2.10. The van der Waals surface area contributed by atoms with Crippen LogP contribution in [0.2, 0.25) is 0 Å². The van der Waals surface area contributed by atoms with Crippen molar-refractivity contribution in [3.8, 4) is 16.8 Å². The van der Waals surface area contributed by atoms with Crippen molar-refractivity contribution in [2.75, 3.05) is 4.90 Å². The molecule has 0 amide bonds. The maximum atomic E-state index is 6.76. The molecule has 0 aliphatic carbocycles. The Bertz CT molecular complexity index is 3170. The van der Waals surface area contributed by atoms with Gasteiger partial charge in [-0.2, -0.15) is 0 Å². The largest absolute Gasteiger partial charge is 0.454 e. The molecule has 0 aliphatic rings. The molecule has 0 spiro atoms. The molecule has 53 heavy (non-hydrogen) atoms. The summed E-state index contributed by atoms with van der Waals surface area (Å²) in [4.78, 5) is 2.35. The van der Waals surface area contributed by atoms with Crippen LogP contribution in [0.5, 0.6) is 0 Å². The van der Waals surface area contributed by atoms with Gasteiger partial charge in [0, 0.05) is 38.6 Å². The van der Waals surface area contributed by atoms with Crippen molar-refractivity contribution in [3.63, 3.8) is 0 Å². The molecule has 0 bridgehead atoms. The number of rotatable bonds is 5. The average molecular weight is 677 g/mol. The lowest BCUT2D eigenvalue weighted by Gasteiger charge is -2.26. The number of nitrogens with zero attached hydrogens (tertiary/aromatic N) is 2. The Kier molecular flexibility index (Phi) is 6.55. The van der Waals surface area contributed by atoms with Crippen LogP contribution < -0.4 is 4.90 Å². The summed E-state index contributed by atoms with van der Waals surface area (Å²) in [5.74, 6) is 0. The highest BCUT2D eigenvalue weighted by atomic mass is 16.3. The number of aromatic nitrogens is 1. The van der Waals surface area contributed by atoms with Crippen LogP contribution >= 0.6 is 0 Å². The first-order valence-corrected chi connectivity index (χ1v) is 18.1. The molecule has 3 heteroatoms. The Morgan fingerprint density at radius 1 is 0.396 bits per heavy atom. The molecule has 0 saturated carbocycles. The van der Waals surface area contributed by atoms with E-state index < -0.39 is 0 Å². The highest BCUT2D eigenvalue weighted by Crippen LogP contribution is 2.46. The lowest BCUT2D eigenvalue weighted by atomic mass is 10.00. The second-order valence-corrected chi connectivity index (χ2v) is 13.8. The van der Waals surface area contributed by atoms with Crippen LogP contribution in [0.25, 0.3) is 82.1 Å². The van der Waals surface area contributed by atoms with Crippen LogP contribution in [-0.4, -0.2) is 4.57 Å². The van der Waals surface area contributed by atoms with Crippen molar-refractivity contribution in [2.24, 2.45) is 0 Å². The lowest BCUT2D eigenvalue weighted by molar-refractivity contribution is 0.669. The van der Waals surface area contributed by atoms with E-state index in [0.717, 1.165) is 50.3 Å². The zero-order chi connectivity index (χ0) is 34.9. The van der Waals surface area contributed by atoms with Gasteiger partial charge in [-0.15, -0.1) is 0 Å². The maximum Gasteiger partial charge on any atom is 0.160 e. The molecular weight excluding hydrogens is 645 g/mol. The molecule has 0 N–H and O–H groups in total. The van der Waals surface area contributed by atoms with Gasteiger partial charge in [0.15, 0.2) is 5.58 Å². The van der Waals surface area contributed by atoms with Gasteiger partial charge >= 0.3 is 0 Å². The van der Waals surface area contributed by atoms with Gasteiger partial charge in [-0.3, -0.25) is 0 Å². The van der Waals surface area contributed by atoms with Gasteiger partial charge in [0.2, 0.25) is 0 Å². The third-order valence-corrected chi connectivity index (χ3v) is 10.7. The zero-order valence-electron chi connectivity index (χ0n) is 28.8. The van der Waals surface area contributed by atoms with Crippen LogP contribution in [0.15, 0.2) is 199 Å². The molecular formula is C50H32N2O. The minimum Gasteiger partial charge on any atom is -0.454 e. The van der Waals surface area contributed by atoms with E-state index in [9.17, 15) is 0 Å². The van der Waals surface area contributed by atoms with Crippen LogP contribution in [0, 0.1) is 0 Å². The van der Waals surface area contributed by atoms with Crippen LogP contribution in [0.3, 0.4) is 0 Å². The van der Waals surface area contributed by atoms with Crippen molar-refractivity contribution in [2.45, 2.75) is 0 Å². The fraction of sp³-hybridized carbons (Fsp3) is 0. The Morgan fingerprint density at radius 2 is 1.04 bits per heavy atom. The van der Waals surface area contributed by atoms with Gasteiger partial charge in [-0.25, -0.2) is 0 Å². The average Bonchev–Trinajstić information content (AvgIpc) is 3.78. The number of fused-ring (bicyclic) bond motifs is 9. The van der Waals surface area contributed by atoms with E-state index in [1.54, 1.807) is 0 Å². The summed E-state index contributed by atoms with van der Waals surface area (Å²) in [6, 6.07) is 69.7. The molecule has 0 atom stereocenters. The van der Waals surface area contributed by atoms with E-state index in [1.165, 1.54) is 48.9 Å². The molecule has 0 saturated heterocycles. The van der Waals surface area contributed by atoms with E-state index in [4.69, 9.17) is 4.42 Å². The standard InChI is InChI=1S/C50H32N2O/c1-2-15-38(16-3-1)52-45-20-10-8-18-42(45)44-31-36(25-29-46(44)52)34-22-26-39(27-23-34)51(40-28-24-33-12-4-5-13-35(33)30-40)47-32-37-14-6-7-17-41(37)49-43-19-9-11-21-48(43)53-50(47)49/h1-32H. The minimum atomic E-state index is 0.877. The summed E-state index contributed by atoms with van der Waals surface area (Å²) in [5, 5.41) is 9.52. The highest BCUT2D eigenvalue weighted by molar-refractivity contribution is 6.23.